The molecule has 1 saturated heterocycles. The first kappa shape index (κ1) is 45.0. The second-order valence-electron chi connectivity index (χ2n) is 15.5. The van der Waals surface area contributed by atoms with Crippen LogP contribution < -0.4 is 32.2 Å². The molecule has 338 valence electrons. The van der Waals surface area contributed by atoms with Crippen LogP contribution in [-0.2, 0) is 45.0 Å². The fourth-order valence-corrected chi connectivity index (χ4v) is 8.05. The van der Waals surface area contributed by atoms with Gasteiger partial charge in [0, 0.05) is 71.0 Å². The number of amides is 4. The first-order valence-corrected chi connectivity index (χ1v) is 21.2. The monoisotopic (exact) mass is 877 g/mol. The Morgan fingerprint density at radius 1 is 0.734 bits per heavy atom. The number of imidazole rings is 2. The Labute approximate surface area is 368 Å². The van der Waals surface area contributed by atoms with Gasteiger partial charge in [-0.3, -0.25) is 33.4 Å². The van der Waals surface area contributed by atoms with E-state index in [0.717, 1.165) is 19.6 Å². The molecule has 0 unspecified atom stereocenters. The van der Waals surface area contributed by atoms with E-state index >= 15 is 0 Å². The van der Waals surface area contributed by atoms with Gasteiger partial charge in [0.15, 0.2) is 0 Å². The Hall–Kier alpha value is -7.06. The standard InChI is InChI=1S/C44H55N13O7/c1-8-56-33(21-27(3)49-56)41(60)47-43-51(5)31-23-29(39(45)58)25-35(62-7)37(31)54(43)14-10-11-15-55-38-32(52(6)44(55)48-42(61)34-22-28(4)50-57(34)9-2)24-30(40(46)59)26-36(38)64-18-12-13-53-16-19-63-20-17-53/h10-11,21-26H,8-9,12-20H2,1-7H3,(H2,45,58)(H2,46,59)/b11-10+,47-43+,48-44+. The largest absolute Gasteiger partial charge is 0.494 e. The number of carbonyl (C=O) groups excluding carboxylic acids is 4. The van der Waals surface area contributed by atoms with Gasteiger partial charge < -0.3 is 43.9 Å². The van der Waals surface area contributed by atoms with Crippen molar-refractivity contribution < 1.29 is 33.4 Å². The van der Waals surface area contributed by atoms with E-state index in [2.05, 4.69) is 25.1 Å². The number of benzene rings is 2. The van der Waals surface area contributed by atoms with Crippen molar-refractivity contribution in [3.05, 3.63) is 93.7 Å². The van der Waals surface area contributed by atoms with Crippen LogP contribution in [0.1, 0.15) is 73.3 Å². The minimum Gasteiger partial charge on any atom is -0.494 e. The molecule has 0 radical (unpaired) electrons. The van der Waals surface area contributed by atoms with Crippen LogP contribution in [0.25, 0.3) is 22.1 Å². The van der Waals surface area contributed by atoms with Gasteiger partial charge in [-0.2, -0.15) is 20.2 Å². The summed E-state index contributed by atoms with van der Waals surface area (Å²) in [5.41, 5.74) is 16.9. The van der Waals surface area contributed by atoms with Crippen LogP contribution >= 0.6 is 0 Å². The number of ether oxygens (including phenoxy) is 3. The Morgan fingerprint density at radius 2 is 1.20 bits per heavy atom. The predicted molar refractivity (Wildman–Crippen MR) is 237 cm³/mol. The first-order chi connectivity index (χ1) is 30.7. The van der Waals surface area contributed by atoms with Crippen molar-refractivity contribution in [2.45, 2.75) is 60.3 Å². The van der Waals surface area contributed by atoms with Crippen molar-refractivity contribution in [2.75, 3.05) is 46.6 Å². The Kier molecular flexibility index (Phi) is 13.4. The molecular weight excluding hydrogens is 823 g/mol. The number of nitrogens with zero attached hydrogens (tertiary/aromatic N) is 11. The third kappa shape index (κ3) is 9.04. The number of fused-ring (bicyclic) bond motifs is 2. The van der Waals surface area contributed by atoms with Crippen molar-refractivity contribution in [2.24, 2.45) is 35.5 Å². The maximum absolute atomic E-state index is 14.0. The highest BCUT2D eigenvalue weighted by Crippen LogP contribution is 2.29. The highest BCUT2D eigenvalue weighted by atomic mass is 16.5. The minimum absolute atomic E-state index is 0.185. The number of aryl methyl sites for hydroxylation is 6. The topological polar surface area (TPSA) is 231 Å². The number of primary amides is 2. The van der Waals surface area contributed by atoms with E-state index in [1.165, 1.54) is 7.11 Å². The van der Waals surface area contributed by atoms with Crippen molar-refractivity contribution in [3.63, 3.8) is 0 Å². The highest BCUT2D eigenvalue weighted by Gasteiger charge is 2.22. The zero-order valence-electron chi connectivity index (χ0n) is 37.3. The molecule has 4 amide bonds. The molecule has 0 spiro atoms. The number of rotatable bonds is 16. The van der Waals surface area contributed by atoms with E-state index in [4.69, 9.17) is 25.7 Å². The average Bonchev–Trinajstić information content (AvgIpc) is 4.01. The zero-order chi connectivity index (χ0) is 45.8. The zero-order valence-corrected chi connectivity index (χ0v) is 37.3. The van der Waals surface area contributed by atoms with Crippen molar-refractivity contribution in [1.29, 1.82) is 0 Å². The first-order valence-electron chi connectivity index (χ1n) is 21.2. The molecule has 0 saturated carbocycles. The number of morpholine rings is 1. The number of methoxy groups -OCH3 is 1. The lowest BCUT2D eigenvalue weighted by Gasteiger charge is -2.26. The summed E-state index contributed by atoms with van der Waals surface area (Å²) in [7, 11) is 4.99. The average molecular weight is 878 g/mol. The van der Waals surface area contributed by atoms with Gasteiger partial charge >= 0.3 is 0 Å². The molecule has 5 heterocycles. The van der Waals surface area contributed by atoms with Gasteiger partial charge in [-0.15, -0.1) is 0 Å². The summed E-state index contributed by atoms with van der Waals surface area (Å²) in [5, 5.41) is 8.88. The molecule has 4 N–H and O–H groups in total. The van der Waals surface area contributed by atoms with Gasteiger partial charge in [-0.05, 0) is 70.5 Å². The highest BCUT2D eigenvalue weighted by molar-refractivity contribution is 6.00. The molecule has 20 heteroatoms. The molecule has 7 rings (SSSR count). The summed E-state index contributed by atoms with van der Waals surface area (Å²) in [6.07, 6.45) is 4.50. The maximum atomic E-state index is 14.0. The summed E-state index contributed by atoms with van der Waals surface area (Å²) >= 11 is 0. The number of aromatic nitrogens is 8. The number of hydrogen-bond acceptors (Lipinski definition) is 10. The lowest BCUT2D eigenvalue weighted by atomic mass is 10.1. The quantitative estimate of drug-likeness (QED) is 0.107. The SMILES string of the molecule is CCn1nc(C)cc1C(=O)/N=c1\n(C)c2cc(C(N)=O)cc(OC)c2n1C/C=C/Cn1/c(=N/C(=O)c2cc(C)nn2CC)n(C)c2cc(C(N)=O)cc(OCCCN3CCOCC3)c21. The van der Waals surface area contributed by atoms with E-state index in [9.17, 15) is 19.2 Å². The van der Waals surface area contributed by atoms with Gasteiger partial charge in [0.2, 0.25) is 23.1 Å². The summed E-state index contributed by atoms with van der Waals surface area (Å²) in [5.74, 6) is -1.53. The molecule has 0 bridgehead atoms. The van der Waals surface area contributed by atoms with Crippen LogP contribution in [0.5, 0.6) is 11.5 Å². The summed E-state index contributed by atoms with van der Waals surface area (Å²) in [6.45, 7) is 12.9. The maximum Gasteiger partial charge on any atom is 0.298 e. The number of carbonyl (C=O) groups is 4. The Balaban J connectivity index is 1.34. The van der Waals surface area contributed by atoms with E-state index < -0.39 is 23.6 Å². The molecule has 64 heavy (non-hydrogen) atoms. The lowest BCUT2D eigenvalue weighted by Crippen LogP contribution is -2.37. The molecule has 20 nitrogen and oxygen atoms in total. The van der Waals surface area contributed by atoms with Crippen LogP contribution in [0.3, 0.4) is 0 Å². The third-order valence-corrected chi connectivity index (χ3v) is 11.2. The smallest absolute Gasteiger partial charge is 0.298 e. The van der Waals surface area contributed by atoms with Gasteiger partial charge in [0.05, 0.1) is 49.4 Å². The number of nitrogens with two attached hydrogens (primary N) is 2. The van der Waals surface area contributed by atoms with Crippen LogP contribution in [-0.4, -0.2) is 113 Å². The van der Waals surface area contributed by atoms with Gasteiger partial charge in [-0.1, -0.05) is 12.2 Å². The fraction of sp³-hybridized carbons (Fsp3) is 0.409. The predicted octanol–water partition coefficient (Wildman–Crippen LogP) is 2.37. The fourth-order valence-electron chi connectivity index (χ4n) is 8.05. The van der Waals surface area contributed by atoms with Crippen LogP contribution in [0.2, 0.25) is 0 Å². The summed E-state index contributed by atoms with van der Waals surface area (Å²) in [6, 6.07) is 9.86. The second-order valence-corrected chi connectivity index (χ2v) is 15.5. The minimum atomic E-state index is -0.644. The molecule has 4 aromatic heterocycles. The van der Waals surface area contributed by atoms with Crippen molar-refractivity contribution >= 4 is 45.7 Å². The molecule has 6 aromatic rings. The molecule has 0 atom stereocenters. The molecule has 1 fully saturated rings. The van der Waals surface area contributed by atoms with E-state index in [1.807, 2.05) is 49.0 Å². The molecule has 2 aromatic carbocycles. The number of allylic oxidation sites excluding steroid dienone is 2. The Bertz CT molecular complexity index is 2950. The van der Waals surface area contributed by atoms with E-state index in [0.29, 0.717) is 95.7 Å². The van der Waals surface area contributed by atoms with Crippen LogP contribution in [0.15, 0.2) is 58.5 Å². The second kappa shape index (κ2) is 19.1. The molecule has 1 aliphatic heterocycles. The molecule has 1 aliphatic rings. The lowest BCUT2D eigenvalue weighted by molar-refractivity contribution is 0.0358. The van der Waals surface area contributed by atoms with E-state index in [-0.39, 0.29) is 35.5 Å². The van der Waals surface area contributed by atoms with Gasteiger partial charge in [0.1, 0.15) is 33.9 Å². The van der Waals surface area contributed by atoms with Crippen molar-refractivity contribution in [1.82, 2.24) is 42.7 Å². The van der Waals surface area contributed by atoms with Crippen LogP contribution in [0, 0.1) is 13.8 Å². The third-order valence-electron chi connectivity index (χ3n) is 11.2. The van der Waals surface area contributed by atoms with Gasteiger partial charge in [-0.25, -0.2) is 0 Å². The van der Waals surface area contributed by atoms with Crippen molar-refractivity contribution in [3.8, 4) is 11.5 Å². The summed E-state index contributed by atoms with van der Waals surface area (Å²) < 4.78 is 28.0. The molecular formula is C44H55N13O7. The normalized spacial score (nSPS) is 14.1. The molecule has 0 aliphatic carbocycles. The Morgan fingerprint density at radius 3 is 1.66 bits per heavy atom. The van der Waals surface area contributed by atoms with Crippen LogP contribution in [0.4, 0.5) is 0 Å². The van der Waals surface area contributed by atoms with E-state index in [1.54, 1.807) is 69.0 Å². The summed E-state index contributed by atoms with van der Waals surface area (Å²) in [4.78, 5) is 64.4. The number of hydrogen-bond donors (Lipinski definition) is 2. The van der Waals surface area contributed by atoms with Gasteiger partial charge in [0.25, 0.3) is 11.8 Å².